The zero-order valence-electron chi connectivity index (χ0n) is 14.1. The average molecular weight is 477 g/mol. The summed E-state index contributed by atoms with van der Waals surface area (Å²) >= 11 is 8.90. The van der Waals surface area contributed by atoms with E-state index in [1.54, 1.807) is 12.0 Å². The van der Waals surface area contributed by atoms with E-state index >= 15 is 0 Å². The van der Waals surface area contributed by atoms with Crippen molar-refractivity contribution in [3.63, 3.8) is 0 Å². The zero-order valence-corrected chi connectivity index (χ0v) is 17.9. The molecule has 0 aromatic heterocycles. The molecule has 0 unspecified atom stereocenters. The fraction of sp³-hybridized carbons (Fsp3) is 0.412. The van der Waals surface area contributed by atoms with Crippen LogP contribution in [-0.2, 0) is 4.79 Å². The predicted octanol–water partition coefficient (Wildman–Crippen LogP) is 4.56. The minimum absolute atomic E-state index is 0.0255. The molecule has 24 heavy (non-hydrogen) atoms. The average Bonchev–Trinajstić information content (AvgIpc) is 2.75. The van der Waals surface area contributed by atoms with Gasteiger partial charge in [0.05, 0.1) is 22.2 Å². The maximum Gasteiger partial charge on any atom is 0.266 e. The Morgan fingerprint density at radius 1 is 1.42 bits per heavy atom. The predicted molar refractivity (Wildman–Crippen MR) is 112 cm³/mol. The number of amides is 1. The van der Waals surface area contributed by atoms with Gasteiger partial charge in [-0.2, -0.15) is 0 Å². The maximum atomic E-state index is 12.6. The Balaban J connectivity index is 2.34. The van der Waals surface area contributed by atoms with Crippen LogP contribution in [0.4, 0.5) is 0 Å². The summed E-state index contributed by atoms with van der Waals surface area (Å²) in [6, 6.07) is 3.86. The van der Waals surface area contributed by atoms with Gasteiger partial charge in [0.15, 0.2) is 11.5 Å². The first-order valence-electron chi connectivity index (χ1n) is 7.63. The Bertz CT molecular complexity index is 689. The Hall–Kier alpha value is -0.800. The lowest BCUT2D eigenvalue weighted by atomic mass is 10.1. The quantitative estimate of drug-likeness (QED) is 0.342. The fourth-order valence-electron chi connectivity index (χ4n) is 2.31. The maximum absolute atomic E-state index is 12.6. The lowest BCUT2D eigenvalue weighted by Crippen LogP contribution is -2.31. The van der Waals surface area contributed by atoms with Gasteiger partial charge in [-0.1, -0.05) is 37.8 Å². The van der Waals surface area contributed by atoms with Crippen molar-refractivity contribution in [3.05, 3.63) is 26.2 Å². The number of carbonyl (C=O) groups is 1. The Morgan fingerprint density at radius 3 is 2.71 bits per heavy atom. The van der Waals surface area contributed by atoms with Crippen LogP contribution in [0.2, 0.25) is 0 Å². The van der Waals surface area contributed by atoms with Crippen LogP contribution in [-0.4, -0.2) is 35.4 Å². The van der Waals surface area contributed by atoms with Gasteiger partial charge in [-0.15, -0.1) is 0 Å². The Morgan fingerprint density at radius 2 is 2.12 bits per heavy atom. The molecule has 1 amide bonds. The van der Waals surface area contributed by atoms with Crippen molar-refractivity contribution < 1.29 is 14.3 Å². The van der Waals surface area contributed by atoms with E-state index in [0.717, 1.165) is 9.13 Å². The van der Waals surface area contributed by atoms with E-state index in [0.29, 0.717) is 39.8 Å². The minimum atomic E-state index is -0.0255. The molecule has 1 heterocycles. The Kier molecular flexibility index (Phi) is 6.94. The molecule has 0 saturated carbocycles. The smallest absolute Gasteiger partial charge is 0.266 e. The van der Waals surface area contributed by atoms with E-state index in [2.05, 4.69) is 36.4 Å². The van der Waals surface area contributed by atoms with Gasteiger partial charge in [0, 0.05) is 6.54 Å². The van der Waals surface area contributed by atoms with Crippen molar-refractivity contribution in [2.45, 2.75) is 20.8 Å². The second-order valence-electron chi connectivity index (χ2n) is 5.65. The molecule has 1 aliphatic heterocycles. The first-order chi connectivity index (χ1) is 11.4. The van der Waals surface area contributed by atoms with Crippen molar-refractivity contribution in [1.29, 1.82) is 0 Å². The highest BCUT2D eigenvalue weighted by Gasteiger charge is 2.32. The number of hydrogen-bond donors (Lipinski definition) is 0. The minimum Gasteiger partial charge on any atom is -0.492 e. The monoisotopic (exact) mass is 477 g/mol. The number of thiocarbonyl (C=S) groups is 1. The fourth-order valence-corrected chi connectivity index (χ4v) is 4.43. The topological polar surface area (TPSA) is 38.8 Å². The van der Waals surface area contributed by atoms with Crippen LogP contribution in [0, 0.1) is 9.49 Å². The van der Waals surface area contributed by atoms with E-state index in [9.17, 15) is 4.79 Å². The van der Waals surface area contributed by atoms with Crippen LogP contribution in [0.3, 0.4) is 0 Å². The number of rotatable bonds is 6. The standard InChI is InChI=1S/C17H20INO3S2/c1-5-22-13-7-11(6-12(18)15(13)21-4)8-14-16(20)19(9-10(2)3)17(23)24-14/h6-8,10H,5,9H2,1-4H3/b14-8-. The molecule has 0 atom stereocenters. The van der Waals surface area contributed by atoms with Crippen molar-refractivity contribution >= 4 is 62.9 Å². The highest BCUT2D eigenvalue weighted by Crippen LogP contribution is 2.37. The molecule has 1 saturated heterocycles. The number of carbonyl (C=O) groups excluding carboxylic acids is 1. The van der Waals surface area contributed by atoms with Gasteiger partial charge in [0.2, 0.25) is 0 Å². The molecule has 1 aromatic carbocycles. The largest absolute Gasteiger partial charge is 0.492 e. The number of ether oxygens (including phenoxy) is 2. The molecule has 1 aromatic rings. The third kappa shape index (κ3) is 4.43. The van der Waals surface area contributed by atoms with Gasteiger partial charge in [-0.3, -0.25) is 9.69 Å². The van der Waals surface area contributed by atoms with Gasteiger partial charge in [0.1, 0.15) is 4.32 Å². The highest BCUT2D eigenvalue weighted by molar-refractivity contribution is 14.1. The molecule has 1 aliphatic rings. The zero-order chi connectivity index (χ0) is 17.9. The molecule has 2 rings (SSSR count). The molecule has 7 heteroatoms. The SMILES string of the molecule is CCOc1cc(/C=C2\SC(=S)N(CC(C)C)C2=O)cc(I)c1OC. The molecular weight excluding hydrogens is 457 g/mol. The first-order valence-corrected chi connectivity index (χ1v) is 9.93. The van der Waals surface area contributed by atoms with Gasteiger partial charge in [0.25, 0.3) is 5.91 Å². The van der Waals surface area contributed by atoms with Crippen LogP contribution >= 0.6 is 46.6 Å². The van der Waals surface area contributed by atoms with Gasteiger partial charge in [-0.05, 0) is 59.2 Å². The van der Waals surface area contributed by atoms with Crippen LogP contribution in [0.15, 0.2) is 17.0 Å². The summed E-state index contributed by atoms with van der Waals surface area (Å²) in [6.07, 6.45) is 1.86. The summed E-state index contributed by atoms with van der Waals surface area (Å²) in [5.41, 5.74) is 0.897. The number of benzene rings is 1. The third-order valence-electron chi connectivity index (χ3n) is 3.25. The summed E-state index contributed by atoms with van der Waals surface area (Å²) < 4.78 is 12.6. The van der Waals surface area contributed by atoms with Gasteiger partial charge >= 0.3 is 0 Å². The summed E-state index contributed by atoms with van der Waals surface area (Å²) in [7, 11) is 1.62. The normalized spacial score (nSPS) is 16.4. The molecule has 0 spiro atoms. The molecule has 0 aliphatic carbocycles. The second kappa shape index (κ2) is 8.53. The number of nitrogens with zero attached hydrogens (tertiary/aromatic N) is 1. The Labute approximate surface area is 166 Å². The number of methoxy groups -OCH3 is 1. The van der Waals surface area contributed by atoms with Crippen molar-refractivity contribution in [2.24, 2.45) is 5.92 Å². The van der Waals surface area contributed by atoms with E-state index in [1.807, 2.05) is 25.1 Å². The number of hydrogen-bond acceptors (Lipinski definition) is 5. The van der Waals surface area contributed by atoms with E-state index in [-0.39, 0.29) is 5.91 Å². The second-order valence-corrected chi connectivity index (χ2v) is 8.49. The first kappa shape index (κ1) is 19.5. The van der Waals surface area contributed by atoms with Crippen LogP contribution in [0.5, 0.6) is 11.5 Å². The van der Waals surface area contributed by atoms with E-state index < -0.39 is 0 Å². The molecule has 130 valence electrons. The summed E-state index contributed by atoms with van der Waals surface area (Å²) in [6.45, 7) is 7.26. The van der Waals surface area contributed by atoms with Crippen LogP contribution in [0.1, 0.15) is 26.3 Å². The van der Waals surface area contributed by atoms with E-state index in [4.69, 9.17) is 21.7 Å². The number of thioether (sulfide) groups is 1. The molecule has 0 bridgehead atoms. The summed E-state index contributed by atoms with van der Waals surface area (Å²) in [5, 5.41) is 0. The summed E-state index contributed by atoms with van der Waals surface area (Å²) in [5.74, 6) is 1.73. The van der Waals surface area contributed by atoms with Gasteiger partial charge in [-0.25, -0.2) is 0 Å². The van der Waals surface area contributed by atoms with Gasteiger partial charge < -0.3 is 9.47 Å². The molecule has 0 radical (unpaired) electrons. The number of halogens is 1. The van der Waals surface area contributed by atoms with Crippen molar-refractivity contribution in [2.75, 3.05) is 20.3 Å². The van der Waals surface area contributed by atoms with Crippen LogP contribution < -0.4 is 9.47 Å². The van der Waals surface area contributed by atoms with Crippen LogP contribution in [0.25, 0.3) is 6.08 Å². The lowest BCUT2D eigenvalue weighted by Gasteiger charge is -2.16. The summed E-state index contributed by atoms with van der Waals surface area (Å²) in [4.78, 5) is 14.9. The molecule has 0 N–H and O–H groups in total. The highest BCUT2D eigenvalue weighted by atomic mass is 127. The van der Waals surface area contributed by atoms with Crippen molar-refractivity contribution in [1.82, 2.24) is 4.90 Å². The molecular formula is C17H20INO3S2. The lowest BCUT2D eigenvalue weighted by molar-refractivity contribution is -0.122. The molecule has 1 fully saturated rings. The van der Waals surface area contributed by atoms with Crippen molar-refractivity contribution in [3.8, 4) is 11.5 Å². The van der Waals surface area contributed by atoms with E-state index in [1.165, 1.54) is 11.8 Å². The third-order valence-corrected chi connectivity index (χ3v) is 5.43. The molecule has 4 nitrogen and oxygen atoms in total.